The normalized spacial score (nSPS) is 9.33. The average Bonchev–Trinajstić information content (AvgIpc) is 2.09. The van der Waals surface area contributed by atoms with Crippen molar-refractivity contribution in [3.8, 4) is 17.2 Å². The van der Waals surface area contributed by atoms with Gasteiger partial charge in [0, 0.05) is 6.07 Å². The van der Waals surface area contributed by atoms with Crippen molar-refractivity contribution < 1.29 is 34.4 Å². The van der Waals surface area contributed by atoms with Gasteiger partial charge in [-0.2, -0.15) is 0 Å². The van der Waals surface area contributed by atoms with Gasteiger partial charge in [0.05, 0.1) is 0 Å². The first-order valence-corrected chi connectivity index (χ1v) is 3.63. The summed E-state index contributed by atoms with van der Waals surface area (Å²) in [5.41, 5.74) is 0. The quantitative estimate of drug-likeness (QED) is 0.504. The van der Waals surface area contributed by atoms with Crippen molar-refractivity contribution in [2.45, 2.75) is 0 Å². The molecule has 0 atom stereocenters. The summed E-state index contributed by atoms with van der Waals surface area (Å²) in [7, 11) is 0. The molecule has 0 aliphatic rings. The zero-order valence-corrected chi connectivity index (χ0v) is 7.21. The summed E-state index contributed by atoms with van der Waals surface area (Å²) in [6, 6.07) is 3.15. The summed E-state index contributed by atoms with van der Waals surface area (Å²) in [4.78, 5) is 20.3. The van der Waals surface area contributed by atoms with E-state index in [9.17, 15) is 9.59 Å². The fraction of sp³-hybridized carbons (Fsp3) is 0. The molecule has 15 heavy (non-hydrogen) atoms. The van der Waals surface area contributed by atoms with Crippen molar-refractivity contribution in [3.05, 3.63) is 18.2 Å². The SMILES string of the molecule is O=C(O)Oc1ccc(O)c(OC(=O)O)c1. The molecule has 0 aromatic heterocycles. The Morgan fingerprint density at radius 3 is 2.20 bits per heavy atom. The number of rotatable bonds is 2. The number of hydrogen-bond acceptors (Lipinski definition) is 5. The average molecular weight is 214 g/mol. The maximum absolute atomic E-state index is 10.2. The highest BCUT2D eigenvalue weighted by molar-refractivity contribution is 5.65. The Morgan fingerprint density at radius 2 is 1.67 bits per heavy atom. The third-order valence-corrected chi connectivity index (χ3v) is 1.33. The van der Waals surface area contributed by atoms with E-state index in [0.29, 0.717) is 0 Å². The Bertz CT molecular complexity index is 398. The third kappa shape index (κ3) is 3.07. The number of aromatic hydroxyl groups is 1. The number of phenols is 1. The van der Waals surface area contributed by atoms with Gasteiger partial charge < -0.3 is 24.8 Å². The van der Waals surface area contributed by atoms with Gasteiger partial charge in [-0.05, 0) is 12.1 Å². The van der Waals surface area contributed by atoms with Crippen molar-refractivity contribution in [3.63, 3.8) is 0 Å². The highest BCUT2D eigenvalue weighted by Gasteiger charge is 2.10. The Balaban J connectivity index is 2.94. The summed E-state index contributed by atoms with van der Waals surface area (Å²) in [6.45, 7) is 0. The second-order valence-corrected chi connectivity index (χ2v) is 2.37. The van der Waals surface area contributed by atoms with Crippen molar-refractivity contribution in [1.82, 2.24) is 0 Å². The topological polar surface area (TPSA) is 113 Å². The fourth-order valence-electron chi connectivity index (χ4n) is 0.835. The van der Waals surface area contributed by atoms with Crippen molar-refractivity contribution in [2.24, 2.45) is 0 Å². The van der Waals surface area contributed by atoms with E-state index in [1.54, 1.807) is 0 Å². The molecule has 3 N–H and O–H groups in total. The molecule has 1 aromatic rings. The number of carbonyl (C=O) groups is 2. The molecule has 0 unspecified atom stereocenters. The summed E-state index contributed by atoms with van der Waals surface area (Å²) in [5, 5.41) is 25.7. The fourth-order valence-corrected chi connectivity index (χ4v) is 0.835. The largest absolute Gasteiger partial charge is 0.511 e. The smallest absolute Gasteiger partial charge is 0.504 e. The molecular formula is C8H6O7. The lowest BCUT2D eigenvalue weighted by molar-refractivity contribution is 0.141. The summed E-state index contributed by atoms with van der Waals surface area (Å²) >= 11 is 0. The molecule has 0 saturated carbocycles. The van der Waals surface area contributed by atoms with Gasteiger partial charge in [0.1, 0.15) is 5.75 Å². The minimum atomic E-state index is -1.63. The Hall–Kier alpha value is -2.44. The van der Waals surface area contributed by atoms with E-state index in [1.807, 2.05) is 0 Å². The van der Waals surface area contributed by atoms with Crippen LogP contribution < -0.4 is 9.47 Å². The number of phenolic OH excluding ortho intramolecular Hbond substituents is 1. The van der Waals surface area contributed by atoms with Gasteiger partial charge in [-0.25, -0.2) is 9.59 Å². The highest BCUT2D eigenvalue weighted by atomic mass is 16.7. The Kier molecular flexibility index (Phi) is 2.97. The minimum absolute atomic E-state index is 0.156. The number of carboxylic acid groups (broad SMARTS) is 2. The highest BCUT2D eigenvalue weighted by Crippen LogP contribution is 2.30. The summed E-state index contributed by atoms with van der Waals surface area (Å²) in [5.74, 6) is -0.993. The lowest BCUT2D eigenvalue weighted by Gasteiger charge is -2.04. The molecule has 1 rings (SSSR count). The van der Waals surface area contributed by atoms with Crippen molar-refractivity contribution in [1.29, 1.82) is 0 Å². The predicted molar refractivity (Wildman–Crippen MR) is 45.4 cm³/mol. The van der Waals surface area contributed by atoms with Crippen LogP contribution in [0.4, 0.5) is 9.59 Å². The van der Waals surface area contributed by atoms with Crippen LogP contribution in [-0.4, -0.2) is 27.6 Å². The van der Waals surface area contributed by atoms with E-state index in [-0.39, 0.29) is 5.75 Å². The molecule has 0 saturated heterocycles. The Morgan fingerprint density at radius 1 is 1.07 bits per heavy atom. The van der Waals surface area contributed by atoms with Crippen LogP contribution in [0.15, 0.2) is 18.2 Å². The molecule has 0 heterocycles. The second kappa shape index (κ2) is 4.18. The monoisotopic (exact) mass is 214 g/mol. The van der Waals surface area contributed by atoms with Crippen molar-refractivity contribution >= 4 is 12.3 Å². The van der Waals surface area contributed by atoms with Gasteiger partial charge in [-0.3, -0.25) is 0 Å². The molecule has 0 aliphatic carbocycles. The molecule has 0 spiro atoms. The maximum Gasteiger partial charge on any atom is 0.511 e. The van der Waals surface area contributed by atoms with E-state index in [2.05, 4.69) is 9.47 Å². The van der Waals surface area contributed by atoms with Gasteiger partial charge in [-0.1, -0.05) is 0 Å². The first kappa shape index (κ1) is 10.6. The number of hydrogen-bond donors (Lipinski definition) is 3. The van der Waals surface area contributed by atoms with Gasteiger partial charge in [-0.15, -0.1) is 0 Å². The van der Waals surface area contributed by atoms with Gasteiger partial charge in [0.25, 0.3) is 0 Å². The molecule has 7 nitrogen and oxygen atoms in total. The third-order valence-electron chi connectivity index (χ3n) is 1.33. The zero-order chi connectivity index (χ0) is 11.4. The van der Waals surface area contributed by atoms with Crippen molar-refractivity contribution in [2.75, 3.05) is 0 Å². The van der Waals surface area contributed by atoms with Crippen LogP contribution in [0, 0.1) is 0 Å². The molecule has 80 valence electrons. The van der Waals surface area contributed by atoms with E-state index >= 15 is 0 Å². The van der Waals surface area contributed by atoms with Crippen LogP contribution in [0.3, 0.4) is 0 Å². The van der Waals surface area contributed by atoms with Crippen LogP contribution in [0.1, 0.15) is 0 Å². The number of ether oxygens (including phenoxy) is 2. The standard InChI is InChI=1S/C8H6O7/c9-5-2-1-4(14-7(10)11)3-6(5)15-8(12)13/h1-3,9H,(H,10,11)(H,12,13). The molecule has 0 bridgehead atoms. The molecule has 1 aromatic carbocycles. The van der Waals surface area contributed by atoms with Gasteiger partial charge >= 0.3 is 12.3 Å². The molecule has 0 aliphatic heterocycles. The van der Waals surface area contributed by atoms with Crippen LogP contribution in [0.2, 0.25) is 0 Å². The molecular weight excluding hydrogens is 208 g/mol. The second-order valence-electron chi connectivity index (χ2n) is 2.37. The predicted octanol–water partition coefficient (Wildman–Crippen LogP) is 1.51. The van der Waals surface area contributed by atoms with E-state index < -0.39 is 23.8 Å². The van der Waals surface area contributed by atoms with Gasteiger partial charge in [0.2, 0.25) is 0 Å². The molecule has 0 radical (unpaired) electrons. The number of benzene rings is 1. The van der Waals surface area contributed by atoms with Crippen LogP contribution >= 0.6 is 0 Å². The zero-order valence-electron chi connectivity index (χ0n) is 7.21. The first-order valence-electron chi connectivity index (χ1n) is 3.63. The molecule has 0 fully saturated rings. The lowest BCUT2D eigenvalue weighted by Crippen LogP contribution is -2.05. The summed E-state index contributed by atoms with van der Waals surface area (Å²) < 4.78 is 8.38. The summed E-state index contributed by atoms with van der Waals surface area (Å²) in [6.07, 6.45) is -3.18. The van der Waals surface area contributed by atoms with E-state index in [4.69, 9.17) is 15.3 Å². The lowest BCUT2D eigenvalue weighted by atomic mass is 10.3. The van der Waals surface area contributed by atoms with Crippen LogP contribution in [0.5, 0.6) is 17.2 Å². The van der Waals surface area contributed by atoms with Crippen LogP contribution in [-0.2, 0) is 0 Å². The van der Waals surface area contributed by atoms with Crippen LogP contribution in [0.25, 0.3) is 0 Å². The Labute approximate surface area is 83.1 Å². The first-order chi connectivity index (χ1) is 6.99. The van der Waals surface area contributed by atoms with Gasteiger partial charge in [0.15, 0.2) is 11.5 Å². The van der Waals surface area contributed by atoms with E-state index in [1.165, 1.54) is 0 Å². The molecule has 0 amide bonds. The van der Waals surface area contributed by atoms with E-state index in [0.717, 1.165) is 18.2 Å². The minimum Gasteiger partial charge on any atom is -0.504 e. The maximum atomic E-state index is 10.2. The molecule has 7 heteroatoms.